The number of halogens is 1. The Morgan fingerprint density at radius 1 is 1.05 bits per heavy atom. The summed E-state index contributed by atoms with van der Waals surface area (Å²) in [5, 5.41) is 0.701. The van der Waals surface area contributed by atoms with Gasteiger partial charge in [-0.3, -0.25) is 9.59 Å². The third-order valence-electron chi connectivity index (χ3n) is 4.05. The van der Waals surface area contributed by atoms with Crippen molar-refractivity contribution in [1.29, 1.82) is 0 Å². The molecule has 0 atom stereocenters. The van der Waals surface area contributed by atoms with Gasteiger partial charge >= 0.3 is 0 Å². The van der Waals surface area contributed by atoms with Gasteiger partial charge < -0.3 is 9.80 Å². The van der Waals surface area contributed by atoms with Crippen LogP contribution in [0.5, 0.6) is 0 Å². The highest BCUT2D eigenvalue weighted by Gasteiger charge is 2.35. The Balaban J connectivity index is 1.43. The van der Waals surface area contributed by atoms with Gasteiger partial charge in [0.25, 0.3) is 0 Å². The summed E-state index contributed by atoms with van der Waals surface area (Å²) in [6, 6.07) is 7.51. The summed E-state index contributed by atoms with van der Waals surface area (Å²) in [7, 11) is 0. The number of hydrogen-bond donors (Lipinski definition) is 0. The van der Waals surface area contributed by atoms with E-state index in [-0.39, 0.29) is 17.7 Å². The fraction of sp³-hybridized carbons (Fsp3) is 0.500. The fourth-order valence-corrected chi connectivity index (χ4v) is 3.46. The molecule has 0 aromatic heterocycles. The van der Waals surface area contributed by atoms with Gasteiger partial charge in [-0.1, -0.05) is 11.6 Å². The van der Waals surface area contributed by atoms with E-state index >= 15 is 0 Å². The van der Waals surface area contributed by atoms with Gasteiger partial charge in [0, 0.05) is 42.0 Å². The van der Waals surface area contributed by atoms with Crippen molar-refractivity contribution in [3.8, 4) is 0 Å². The van der Waals surface area contributed by atoms with Crippen molar-refractivity contribution in [3.05, 3.63) is 29.3 Å². The van der Waals surface area contributed by atoms with E-state index in [1.54, 1.807) is 0 Å². The van der Waals surface area contributed by atoms with E-state index in [4.69, 9.17) is 11.6 Å². The van der Waals surface area contributed by atoms with Crippen molar-refractivity contribution in [2.45, 2.75) is 17.7 Å². The van der Waals surface area contributed by atoms with Crippen LogP contribution >= 0.6 is 23.4 Å². The molecule has 3 rings (SSSR count). The Labute approximate surface area is 139 Å². The SMILES string of the molecule is O=C(CSc1ccc(Cl)cc1)N1CCN(C(=O)C2CC2)CC1. The highest BCUT2D eigenvalue weighted by atomic mass is 35.5. The first-order chi connectivity index (χ1) is 10.6. The summed E-state index contributed by atoms with van der Waals surface area (Å²) in [6.45, 7) is 2.65. The van der Waals surface area contributed by atoms with Crippen LogP contribution in [0.3, 0.4) is 0 Å². The van der Waals surface area contributed by atoms with Gasteiger partial charge in [0.1, 0.15) is 0 Å². The number of amides is 2. The first-order valence-corrected chi connectivity index (χ1v) is 8.95. The number of carbonyl (C=O) groups excluding carboxylic acids is 2. The molecular weight excluding hydrogens is 320 g/mol. The Bertz CT molecular complexity index is 552. The van der Waals surface area contributed by atoms with E-state index in [9.17, 15) is 9.59 Å². The lowest BCUT2D eigenvalue weighted by atomic mass is 10.2. The van der Waals surface area contributed by atoms with Gasteiger partial charge in [-0.15, -0.1) is 11.8 Å². The van der Waals surface area contributed by atoms with Crippen molar-refractivity contribution in [2.75, 3.05) is 31.9 Å². The number of piperazine rings is 1. The van der Waals surface area contributed by atoms with Crippen LogP contribution in [0.2, 0.25) is 5.02 Å². The van der Waals surface area contributed by atoms with E-state index in [0.717, 1.165) is 17.7 Å². The molecule has 0 spiro atoms. The van der Waals surface area contributed by atoms with Gasteiger partial charge in [-0.2, -0.15) is 0 Å². The molecule has 22 heavy (non-hydrogen) atoms. The van der Waals surface area contributed by atoms with Gasteiger partial charge in [-0.05, 0) is 37.1 Å². The minimum Gasteiger partial charge on any atom is -0.339 e. The Morgan fingerprint density at radius 2 is 1.64 bits per heavy atom. The summed E-state index contributed by atoms with van der Waals surface area (Å²) in [5.74, 6) is 1.11. The molecule has 2 aliphatic rings. The Morgan fingerprint density at radius 3 is 2.23 bits per heavy atom. The van der Waals surface area contributed by atoms with Crippen molar-refractivity contribution in [3.63, 3.8) is 0 Å². The number of thioether (sulfide) groups is 1. The van der Waals surface area contributed by atoms with Crippen LogP contribution in [-0.4, -0.2) is 53.5 Å². The molecule has 1 aromatic rings. The minimum absolute atomic E-state index is 0.137. The molecule has 0 N–H and O–H groups in total. The topological polar surface area (TPSA) is 40.6 Å². The predicted octanol–water partition coefficient (Wildman–Crippen LogP) is 2.51. The molecule has 1 aliphatic heterocycles. The predicted molar refractivity (Wildman–Crippen MR) is 88.1 cm³/mol. The van der Waals surface area contributed by atoms with E-state index in [2.05, 4.69) is 0 Å². The highest BCUT2D eigenvalue weighted by Crippen LogP contribution is 2.31. The lowest BCUT2D eigenvalue weighted by molar-refractivity contribution is -0.139. The molecule has 6 heteroatoms. The lowest BCUT2D eigenvalue weighted by Gasteiger charge is -2.34. The second-order valence-electron chi connectivity index (χ2n) is 5.72. The van der Waals surface area contributed by atoms with E-state index in [0.29, 0.717) is 37.0 Å². The van der Waals surface area contributed by atoms with Crippen LogP contribution in [0.1, 0.15) is 12.8 Å². The third kappa shape index (κ3) is 3.96. The smallest absolute Gasteiger partial charge is 0.233 e. The van der Waals surface area contributed by atoms with E-state index in [1.807, 2.05) is 34.1 Å². The summed E-state index contributed by atoms with van der Waals surface area (Å²) >= 11 is 7.37. The molecule has 118 valence electrons. The zero-order valence-electron chi connectivity index (χ0n) is 12.3. The zero-order chi connectivity index (χ0) is 15.5. The first-order valence-electron chi connectivity index (χ1n) is 7.58. The van der Waals surface area contributed by atoms with E-state index < -0.39 is 0 Å². The van der Waals surface area contributed by atoms with Crippen LogP contribution < -0.4 is 0 Å². The van der Waals surface area contributed by atoms with Crippen LogP contribution in [-0.2, 0) is 9.59 Å². The van der Waals surface area contributed by atoms with Crippen molar-refractivity contribution in [2.24, 2.45) is 5.92 Å². The van der Waals surface area contributed by atoms with Gasteiger partial charge in [0.05, 0.1) is 5.75 Å². The summed E-state index contributed by atoms with van der Waals surface area (Å²) in [5.41, 5.74) is 0. The third-order valence-corrected chi connectivity index (χ3v) is 5.30. The number of carbonyl (C=O) groups is 2. The van der Waals surface area contributed by atoms with Gasteiger partial charge in [0.15, 0.2) is 0 Å². The van der Waals surface area contributed by atoms with Crippen molar-refractivity contribution in [1.82, 2.24) is 9.80 Å². The molecule has 1 aromatic carbocycles. The maximum Gasteiger partial charge on any atom is 0.233 e. The van der Waals surface area contributed by atoms with E-state index in [1.165, 1.54) is 11.8 Å². The molecular formula is C16H19ClN2O2S. The number of benzene rings is 1. The molecule has 0 bridgehead atoms. The van der Waals surface area contributed by atoms with Crippen molar-refractivity contribution >= 4 is 35.2 Å². The summed E-state index contributed by atoms with van der Waals surface area (Å²) in [4.78, 5) is 29.0. The molecule has 1 heterocycles. The van der Waals surface area contributed by atoms with Crippen LogP contribution in [0.15, 0.2) is 29.2 Å². The second kappa shape index (κ2) is 6.92. The molecule has 4 nitrogen and oxygen atoms in total. The normalized spacial score (nSPS) is 18.4. The second-order valence-corrected chi connectivity index (χ2v) is 7.21. The fourth-order valence-electron chi connectivity index (χ4n) is 2.53. The average molecular weight is 339 g/mol. The lowest BCUT2D eigenvalue weighted by Crippen LogP contribution is -2.51. The molecule has 1 saturated heterocycles. The monoisotopic (exact) mass is 338 g/mol. The number of rotatable bonds is 4. The van der Waals surface area contributed by atoms with Crippen LogP contribution in [0.25, 0.3) is 0 Å². The molecule has 2 fully saturated rings. The molecule has 0 radical (unpaired) electrons. The van der Waals surface area contributed by atoms with Crippen molar-refractivity contribution < 1.29 is 9.59 Å². The largest absolute Gasteiger partial charge is 0.339 e. The molecule has 1 saturated carbocycles. The number of hydrogen-bond acceptors (Lipinski definition) is 3. The quantitative estimate of drug-likeness (QED) is 0.792. The van der Waals surface area contributed by atoms with Gasteiger partial charge in [0.2, 0.25) is 11.8 Å². The average Bonchev–Trinajstić information content (AvgIpc) is 3.38. The van der Waals surface area contributed by atoms with Crippen LogP contribution in [0, 0.1) is 5.92 Å². The Kier molecular flexibility index (Phi) is 4.93. The molecule has 1 aliphatic carbocycles. The van der Waals surface area contributed by atoms with Gasteiger partial charge in [-0.25, -0.2) is 0 Å². The summed E-state index contributed by atoms with van der Waals surface area (Å²) in [6.07, 6.45) is 2.07. The maximum atomic E-state index is 12.2. The highest BCUT2D eigenvalue weighted by molar-refractivity contribution is 8.00. The number of nitrogens with zero attached hydrogens (tertiary/aromatic N) is 2. The minimum atomic E-state index is 0.137. The standard InChI is InChI=1S/C16H19ClN2O2S/c17-13-3-5-14(6-4-13)22-11-15(20)18-7-9-19(10-8-18)16(21)12-1-2-12/h3-6,12H,1-2,7-11H2. The van der Waals surface area contributed by atoms with Crippen LogP contribution in [0.4, 0.5) is 0 Å². The first kappa shape index (κ1) is 15.7. The zero-order valence-corrected chi connectivity index (χ0v) is 13.9. The maximum absolute atomic E-state index is 12.2. The molecule has 2 amide bonds. The molecule has 0 unspecified atom stereocenters. The Hall–Kier alpha value is -1.20. The summed E-state index contributed by atoms with van der Waals surface area (Å²) < 4.78 is 0.